The number of amides is 1. The first-order valence-electron chi connectivity index (χ1n) is 10.1. The molecule has 1 amide bonds. The van der Waals surface area contributed by atoms with Crippen molar-refractivity contribution in [2.24, 2.45) is 4.99 Å². The normalized spacial score (nSPS) is 16.8. The Hall–Kier alpha value is -3.62. The molecule has 0 aliphatic carbocycles. The molecule has 1 aliphatic heterocycles. The molecule has 1 aliphatic rings. The third-order valence-corrected chi connectivity index (χ3v) is 4.77. The van der Waals surface area contributed by atoms with E-state index in [1.807, 2.05) is 48.2 Å². The molecule has 4 rings (SSSR count). The molecule has 1 saturated heterocycles. The minimum Gasteiger partial charge on any atom is -0.461 e. The number of hydrogen-bond acceptors (Lipinski definition) is 5. The summed E-state index contributed by atoms with van der Waals surface area (Å²) in [5.74, 6) is 2.71. The van der Waals surface area contributed by atoms with Crippen molar-refractivity contribution in [1.82, 2.24) is 25.8 Å². The zero-order valence-corrected chi connectivity index (χ0v) is 16.8. The van der Waals surface area contributed by atoms with Gasteiger partial charge in [0.1, 0.15) is 5.82 Å². The average Bonchev–Trinajstić information content (AvgIpc) is 3.50. The van der Waals surface area contributed by atoms with Gasteiger partial charge in [0.25, 0.3) is 0 Å². The number of furan rings is 1. The Morgan fingerprint density at radius 3 is 2.93 bits per heavy atom. The summed E-state index contributed by atoms with van der Waals surface area (Å²) >= 11 is 0. The van der Waals surface area contributed by atoms with Crippen molar-refractivity contribution in [3.05, 3.63) is 54.6 Å². The van der Waals surface area contributed by atoms with Crippen LogP contribution < -0.4 is 15.5 Å². The molecule has 156 valence electrons. The number of nitrogens with zero attached hydrogens (tertiary/aromatic N) is 4. The number of aliphatic imine (C=N–C) groups is 1. The number of hydrogen-bond donors (Lipinski definition) is 3. The van der Waals surface area contributed by atoms with Gasteiger partial charge in [-0.1, -0.05) is 18.2 Å². The maximum atomic E-state index is 12.4. The molecule has 3 heterocycles. The number of carbonyl (C=O) groups is 1. The van der Waals surface area contributed by atoms with E-state index in [1.54, 1.807) is 12.3 Å². The van der Waals surface area contributed by atoms with E-state index in [0.29, 0.717) is 43.5 Å². The predicted molar refractivity (Wildman–Crippen MR) is 114 cm³/mol. The Kier molecular flexibility index (Phi) is 6.07. The lowest BCUT2D eigenvalue weighted by Crippen LogP contribution is -2.44. The van der Waals surface area contributed by atoms with Gasteiger partial charge in [0.2, 0.25) is 11.7 Å². The van der Waals surface area contributed by atoms with Crippen LogP contribution in [0.4, 0.5) is 5.69 Å². The van der Waals surface area contributed by atoms with E-state index in [-0.39, 0.29) is 11.9 Å². The molecular weight excluding hydrogens is 382 g/mol. The summed E-state index contributed by atoms with van der Waals surface area (Å²) in [7, 11) is 0. The summed E-state index contributed by atoms with van der Waals surface area (Å²) in [5.41, 5.74) is 0.923. The van der Waals surface area contributed by atoms with Crippen molar-refractivity contribution >= 4 is 17.6 Å². The Labute approximate surface area is 174 Å². The monoisotopic (exact) mass is 407 g/mol. The van der Waals surface area contributed by atoms with Crippen molar-refractivity contribution in [3.63, 3.8) is 0 Å². The number of anilines is 1. The number of nitrogens with one attached hydrogen (secondary N) is 3. The van der Waals surface area contributed by atoms with Crippen molar-refractivity contribution < 1.29 is 9.21 Å². The van der Waals surface area contributed by atoms with E-state index in [0.717, 1.165) is 18.1 Å². The molecule has 1 aromatic carbocycles. The van der Waals surface area contributed by atoms with E-state index in [4.69, 9.17) is 4.42 Å². The lowest BCUT2D eigenvalue weighted by atomic mass is 10.2. The van der Waals surface area contributed by atoms with E-state index >= 15 is 0 Å². The number of benzene rings is 1. The minimum atomic E-state index is 0.00587. The second kappa shape index (κ2) is 9.25. The highest BCUT2D eigenvalue weighted by atomic mass is 16.3. The van der Waals surface area contributed by atoms with Crippen LogP contribution in [-0.4, -0.2) is 52.7 Å². The van der Waals surface area contributed by atoms with Crippen LogP contribution in [0.5, 0.6) is 0 Å². The number of aromatic amines is 1. The first kappa shape index (κ1) is 19.7. The van der Waals surface area contributed by atoms with Crippen molar-refractivity contribution in [3.8, 4) is 11.6 Å². The molecule has 3 aromatic rings. The lowest BCUT2D eigenvalue weighted by molar-refractivity contribution is -0.117. The standard InChI is InChI=1S/C21H25N7O2/c1-2-22-21(23-11-10-18-25-20(27-26-18)17-9-6-12-30-17)24-15-13-19(29)28(14-15)16-7-4-3-5-8-16/h3-9,12,15H,2,10-11,13-14H2,1H3,(H2,22,23,24)(H,25,26,27). The van der Waals surface area contributed by atoms with Gasteiger partial charge in [0.05, 0.1) is 12.3 Å². The molecule has 0 saturated carbocycles. The molecule has 1 atom stereocenters. The number of guanidine groups is 1. The van der Waals surface area contributed by atoms with Gasteiger partial charge < -0.3 is 20.0 Å². The number of para-hydroxylation sites is 1. The van der Waals surface area contributed by atoms with Crippen LogP contribution in [0.15, 0.2) is 58.1 Å². The summed E-state index contributed by atoms with van der Waals surface area (Å²) in [5, 5.41) is 13.7. The van der Waals surface area contributed by atoms with Crippen LogP contribution in [-0.2, 0) is 11.2 Å². The van der Waals surface area contributed by atoms with Gasteiger partial charge in [0, 0.05) is 38.2 Å². The zero-order chi connectivity index (χ0) is 20.8. The third kappa shape index (κ3) is 4.68. The summed E-state index contributed by atoms with van der Waals surface area (Å²) < 4.78 is 5.31. The Morgan fingerprint density at radius 2 is 2.17 bits per heavy atom. The van der Waals surface area contributed by atoms with Gasteiger partial charge in [-0.15, -0.1) is 0 Å². The molecule has 2 aromatic heterocycles. The van der Waals surface area contributed by atoms with Gasteiger partial charge in [-0.05, 0) is 31.2 Å². The first-order valence-corrected chi connectivity index (χ1v) is 10.1. The highest BCUT2D eigenvalue weighted by Gasteiger charge is 2.31. The summed E-state index contributed by atoms with van der Waals surface area (Å²) in [6, 6.07) is 13.4. The molecule has 9 heteroatoms. The Bertz CT molecular complexity index is 982. The van der Waals surface area contributed by atoms with Gasteiger partial charge >= 0.3 is 0 Å². The van der Waals surface area contributed by atoms with Crippen LogP contribution in [0.3, 0.4) is 0 Å². The molecule has 9 nitrogen and oxygen atoms in total. The fourth-order valence-corrected chi connectivity index (χ4v) is 3.37. The quantitative estimate of drug-likeness (QED) is 0.408. The molecule has 3 N–H and O–H groups in total. The summed E-state index contributed by atoms with van der Waals surface area (Å²) in [4.78, 5) is 23.3. The fourth-order valence-electron chi connectivity index (χ4n) is 3.37. The highest BCUT2D eigenvalue weighted by Crippen LogP contribution is 2.21. The van der Waals surface area contributed by atoms with E-state index in [1.165, 1.54) is 0 Å². The molecule has 30 heavy (non-hydrogen) atoms. The maximum absolute atomic E-state index is 12.4. The van der Waals surface area contributed by atoms with Gasteiger partial charge in [-0.2, -0.15) is 5.10 Å². The Balaban J connectivity index is 1.33. The van der Waals surface area contributed by atoms with Gasteiger partial charge in [0.15, 0.2) is 11.7 Å². The minimum absolute atomic E-state index is 0.00587. The van der Waals surface area contributed by atoms with Crippen LogP contribution in [0.2, 0.25) is 0 Å². The largest absolute Gasteiger partial charge is 0.461 e. The molecular formula is C21H25N7O2. The van der Waals surface area contributed by atoms with E-state index in [2.05, 4.69) is 30.8 Å². The van der Waals surface area contributed by atoms with Crippen LogP contribution >= 0.6 is 0 Å². The van der Waals surface area contributed by atoms with Crippen LogP contribution in [0, 0.1) is 0 Å². The number of H-pyrrole nitrogens is 1. The summed E-state index contributed by atoms with van der Waals surface area (Å²) in [6.07, 6.45) is 2.65. The second-order valence-corrected chi connectivity index (χ2v) is 6.98. The molecule has 0 spiro atoms. The third-order valence-electron chi connectivity index (χ3n) is 4.77. The van der Waals surface area contributed by atoms with Crippen LogP contribution in [0.25, 0.3) is 11.6 Å². The first-order chi connectivity index (χ1) is 14.7. The average molecular weight is 407 g/mol. The second-order valence-electron chi connectivity index (χ2n) is 6.98. The molecule has 0 radical (unpaired) electrons. The number of aromatic nitrogens is 3. The van der Waals surface area contributed by atoms with Gasteiger partial charge in [-0.3, -0.25) is 14.9 Å². The molecule has 1 unspecified atom stereocenters. The maximum Gasteiger partial charge on any atom is 0.229 e. The highest BCUT2D eigenvalue weighted by molar-refractivity contribution is 5.97. The number of carbonyl (C=O) groups excluding carboxylic acids is 1. The fraction of sp³-hybridized carbons (Fsp3) is 0.333. The Morgan fingerprint density at radius 1 is 1.30 bits per heavy atom. The predicted octanol–water partition coefficient (Wildman–Crippen LogP) is 1.97. The van der Waals surface area contributed by atoms with Gasteiger partial charge in [-0.25, -0.2) is 4.98 Å². The lowest BCUT2D eigenvalue weighted by Gasteiger charge is -2.19. The summed E-state index contributed by atoms with van der Waals surface area (Å²) in [6.45, 7) is 3.90. The van der Waals surface area contributed by atoms with E-state index in [9.17, 15) is 4.79 Å². The number of rotatable bonds is 7. The van der Waals surface area contributed by atoms with Crippen LogP contribution in [0.1, 0.15) is 19.2 Å². The van der Waals surface area contributed by atoms with Crippen molar-refractivity contribution in [2.45, 2.75) is 25.8 Å². The SMILES string of the molecule is CCNC(=NCCc1nc(-c2ccco2)n[nH]1)NC1CC(=O)N(c2ccccc2)C1. The smallest absolute Gasteiger partial charge is 0.229 e. The molecule has 0 bridgehead atoms. The van der Waals surface area contributed by atoms with Crippen molar-refractivity contribution in [2.75, 3.05) is 24.5 Å². The molecule has 1 fully saturated rings. The van der Waals surface area contributed by atoms with E-state index < -0.39 is 0 Å². The zero-order valence-electron chi connectivity index (χ0n) is 16.8. The van der Waals surface area contributed by atoms with Crippen molar-refractivity contribution in [1.29, 1.82) is 0 Å². The topological polar surface area (TPSA) is 111 Å².